The highest BCUT2D eigenvalue weighted by atomic mass is 19.4. The Bertz CT molecular complexity index is 559. The van der Waals surface area contributed by atoms with Crippen LogP contribution in [0.25, 0.3) is 6.08 Å². The zero-order valence-electron chi connectivity index (χ0n) is 11.0. The fraction of sp³-hybridized carbons (Fsp3) is 0.333. The molecule has 6 heteroatoms. The van der Waals surface area contributed by atoms with Crippen molar-refractivity contribution in [3.05, 3.63) is 41.5 Å². The third-order valence-corrected chi connectivity index (χ3v) is 3.16. The molecule has 1 aromatic carbocycles. The Morgan fingerprint density at radius 3 is 2.43 bits per heavy atom. The average molecular weight is 298 g/mol. The summed E-state index contributed by atoms with van der Waals surface area (Å²) < 4.78 is 42.1. The van der Waals surface area contributed by atoms with Crippen LogP contribution >= 0.6 is 0 Å². The summed E-state index contributed by atoms with van der Waals surface area (Å²) in [5, 5.41) is 0. The molecule has 1 atom stereocenters. The van der Waals surface area contributed by atoms with Gasteiger partial charge < -0.3 is 4.74 Å². The van der Waals surface area contributed by atoms with Crippen LogP contribution in [0.2, 0.25) is 0 Å². The van der Waals surface area contributed by atoms with E-state index in [-0.39, 0.29) is 5.78 Å². The van der Waals surface area contributed by atoms with Crippen LogP contribution in [0.1, 0.15) is 30.4 Å². The molecule has 0 amide bonds. The topological polar surface area (TPSA) is 43.4 Å². The van der Waals surface area contributed by atoms with Gasteiger partial charge in [0, 0.05) is 12.5 Å². The van der Waals surface area contributed by atoms with E-state index in [0.717, 1.165) is 18.2 Å². The highest BCUT2D eigenvalue weighted by Gasteiger charge is 2.30. The zero-order valence-corrected chi connectivity index (χ0v) is 11.0. The van der Waals surface area contributed by atoms with E-state index in [2.05, 4.69) is 0 Å². The number of rotatable bonds is 3. The lowest BCUT2D eigenvalue weighted by atomic mass is 10.1. The third-order valence-electron chi connectivity index (χ3n) is 3.16. The van der Waals surface area contributed by atoms with E-state index in [9.17, 15) is 22.8 Å². The van der Waals surface area contributed by atoms with Gasteiger partial charge in [0.05, 0.1) is 5.56 Å². The van der Waals surface area contributed by atoms with Crippen molar-refractivity contribution in [1.82, 2.24) is 0 Å². The quantitative estimate of drug-likeness (QED) is 0.634. The van der Waals surface area contributed by atoms with Crippen molar-refractivity contribution in [3.63, 3.8) is 0 Å². The maximum Gasteiger partial charge on any atom is 0.416 e. The number of halogens is 3. The Labute approximate surface area is 119 Å². The predicted molar refractivity (Wildman–Crippen MR) is 69.2 cm³/mol. The second-order valence-electron chi connectivity index (χ2n) is 4.74. The summed E-state index contributed by atoms with van der Waals surface area (Å²) in [7, 11) is 0. The Kier molecular flexibility index (Phi) is 4.45. The summed E-state index contributed by atoms with van der Waals surface area (Å²) >= 11 is 0. The molecule has 0 aromatic heterocycles. The number of benzene rings is 1. The molecule has 0 unspecified atom stereocenters. The van der Waals surface area contributed by atoms with Gasteiger partial charge in [0.2, 0.25) is 0 Å². The Morgan fingerprint density at radius 1 is 1.24 bits per heavy atom. The van der Waals surface area contributed by atoms with Crippen LogP contribution in [0.4, 0.5) is 13.2 Å². The number of hydrogen-bond acceptors (Lipinski definition) is 3. The predicted octanol–water partition coefficient (Wildman–Crippen LogP) is 3.38. The molecular formula is C15H13F3O3. The third kappa shape index (κ3) is 4.18. The highest BCUT2D eigenvalue weighted by molar-refractivity contribution is 5.91. The second-order valence-corrected chi connectivity index (χ2v) is 4.74. The molecule has 1 aromatic rings. The summed E-state index contributed by atoms with van der Waals surface area (Å²) in [4.78, 5) is 22.8. The van der Waals surface area contributed by atoms with E-state index in [1.54, 1.807) is 0 Å². The minimum atomic E-state index is -4.38. The van der Waals surface area contributed by atoms with Gasteiger partial charge in [-0.05, 0) is 36.6 Å². The molecule has 112 valence electrons. The number of ether oxygens (including phenoxy) is 1. The van der Waals surface area contributed by atoms with Gasteiger partial charge in [-0.25, -0.2) is 4.79 Å². The number of carbonyl (C=O) groups is 2. The number of esters is 1. The highest BCUT2D eigenvalue weighted by Crippen LogP contribution is 2.29. The lowest BCUT2D eigenvalue weighted by molar-refractivity contribution is -0.148. The minimum absolute atomic E-state index is 0.0914. The Morgan fingerprint density at radius 2 is 1.90 bits per heavy atom. The van der Waals surface area contributed by atoms with E-state index in [4.69, 9.17) is 4.74 Å². The van der Waals surface area contributed by atoms with E-state index in [0.29, 0.717) is 24.8 Å². The molecule has 0 radical (unpaired) electrons. The van der Waals surface area contributed by atoms with E-state index in [1.807, 2.05) is 0 Å². The fourth-order valence-corrected chi connectivity index (χ4v) is 2.04. The minimum Gasteiger partial charge on any atom is -0.451 e. The van der Waals surface area contributed by atoms with Crippen LogP contribution < -0.4 is 0 Å². The van der Waals surface area contributed by atoms with Gasteiger partial charge in [-0.15, -0.1) is 0 Å². The number of alkyl halides is 3. The second kappa shape index (κ2) is 6.11. The van der Waals surface area contributed by atoms with Crippen LogP contribution in [0, 0.1) is 0 Å². The van der Waals surface area contributed by atoms with Gasteiger partial charge >= 0.3 is 12.1 Å². The first kappa shape index (κ1) is 15.3. The van der Waals surface area contributed by atoms with Gasteiger partial charge in [-0.3, -0.25) is 4.79 Å². The molecule has 21 heavy (non-hydrogen) atoms. The van der Waals surface area contributed by atoms with E-state index < -0.39 is 23.8 Å². The molecule has 0 N–H and O–H groups in total. The summed E-state index contributed by atoms with van der Waals surface area (Å²) in [5.41, 5.74) is -0.309. The number of Topliss-reactive ketones (excluding diaryl/α,β-unsaturated/α-hetero) is 1. The largest absolute Gasteiger partial charge is 0.451 e. The molecule has 0 aliphatic heterocycles. The van der Waals surface area contributed by atoms with Crippen LogP contribution in [0.3, 0.4) is 0 Å². The van der Waals surface area contributed by atoms with Crippen molar-refractivity contribution < 1.29 is 27.5 Å². The normalized spacial score (nSPS) is 19.2. The smallest absolute Gasteiger partial charge is 0.416 e. The van der Waals surface area contributed by atoms with Crippen LogP contribution in [0.5, 0.6) is 0 Å². The average Bonchev–Trinajstić information content (AvgIpc) is 2.81. The van der Waals surface area contributed by atoms with Crippen molar-refractivity contribution in [1.29, 1.82) is 0 Å². The molecule has 0 spiro atoms. The molecule has 0 bridgehead atoms. The standard InChI is InChI=1S/C15H13F3O3/c16-15(17,18)11-7-4-10(5-8-11)6-9-14(20)21-13-3-1-2-12(13)19/h4-9,13H,1-3H2/b9-6+/t13-/m0/s1. The molecule has 0 saturated heterocycles. The first-order chi connectivity index (χ1) is 9.86. The number of ketones is 1. The van der Waals surface area contributed by atoms with Gasteiger partial charge in [0.25, 0.3) is 0 Å². The van der Waals surface area contributed by atoms with Crippen LogP contribution in [0.15, 0.2) is 30.3 Å². The van der Waals surface area contributed by atoms with Crippen molar-refractivity contribution in [2.24, 2.45) is 0 Å². The fourth-order valence-electron chi connectivity index (χ4n) is 2.04. The summed E-state index contributed by atoms with van der Waals surface area (Å²) in [6.07, 6.45) is -0.964. The SMILES string of the molecule is O=C(/C=C/c1ccc(C(F)(F)F)cc1)O[C@H]1CCCC1=O. The molecular weight excluding hydrogens is 285 g/mol. The summed E-state index contributed by atoms with van der Waals surface area (Å²) in [6.45, 7) is 0. The molecule has 1 saturated carbocycles. The Balaban J connectivity index is 1.94. The van der Waals surface area contributed by atoms with Gasteiger partial charge in [0.1, 0.15) is 0 Å². The van der Waals surface area contributed by atoms with Crippen molar-refractivity contribution in [3.8, 4) is 0 Å². The van der Waals surface area contributed by atoms with Crippen molar-refractivity contribution in [2.45, 2.75) is 31.5 Å². The monoisotopic (exact) mass is 298 g/mol. The molecule has 0 heterocycles. The molecule has 1 aliphatic rings. The van der Waals surface area contributed by atoms with Crippen LogP contribution in [-0.2, 0) is 20.5 Å². The maximum atomic E-state index is 12.4. The number of carbonyl (C=O) groups excluding carboxylic acids is 2. The van der Waals surface area contributed by atoms with Gasteiger partial charge in [0.15, 0.2) is 11.9 Å². The van der Waals surface area contributed by atoms with Crippen molar-refractivity contribution >= 4 is 17.8 Å². The molecule has 3 nitrogen and oxygen atoms in total. The first-order valence-corrected chi connectivity index (χ1v) is 6.45. The lowest BCUT2D eigenvalue weighted by Gasteiger charge is -2.07. The molecule has 1 aliphatic carbocycles. The lowest BCUT2D eigenvalue weighted by Crippen LogP contribution is -2.20. The molecule has 2 rings (SSSR count). The van der Waals surface area contributed by atoms with Gasteiger partial charge in [-0.2, -0.15) is 13.2 Å². The summed E-state index contributed by atoms with van der Waals surface area (Å²) in [6, 6.07) is 4.39. The Hall–Kier alpha value is -2.11. The van der Waals surface area contributed by atoms with Gasteiger partial charge in [-0.1, -0.05) is 12.1 Å². The molecule has 1 fully saturated rings. The summed E-state index contributed by atoms with van der Waals surface area (Å²) in [5.74, 6) is -0.763. The first-order valence-electron chi connectivity index (χ1n) is 6.45. The zero-order chi connectivity index (χ0) is 15.5. The van der Waals surface area contributed by atoms with E-state index in [1.165, 1.54) is 18.2 Å². The van der Waals surface area contributed by atoms with Crippen LogP contribution in [-0.4, -0.2) is 17.9 Å². The van der Waals surface area contributed by atoms with Crippen molar-refractivity contribution in [2.75, 3.05) is 0 Å². The number of hydrogen-bond donors (Lipinski definition) is 0. The maximum absolute atomic E-state index is 12.4. The van der Waals surface area contributed by atoms with E-state index >= 15 is 0 Å².